The molecule has 0 saturated carbocycles. The molecule has 1 unspecified atom stereocenters. The highest BCUT2D eigenvalue weighted by Gasteiger charge is 2.39. The Labute approximate surface area is 167 Å². The van der Waals surface area contributed by atoms with E-state index in [0.717, 1.165) is 10.5 Å². The molecule has 1 aromatic heterocycles. The fraction of sp³-hybridized carbons (Fsp3) is 0.130. The molecule has 0 fully saturated rings. The number of imide groups is 1. The molecule has 1 aliphatic heterocycles. The van der Waals surface area contributed by atoms with Gasteiger partial charge in [0, 0.05) is 18.0 Å². The van der Waals surface area contributed by atoms with Gasteiger partial charge in [0.1, 0.15) is 11.6 Å². The molecule has 2 atom stereocenters. The lowest BCUT2D eigenvalue weighted by Gasteiger charge is -2.30. The number of aliphatic imine (C=N–C) groups is 1. The zero-order valence-corrected chi connectivity index (χ0v) is 15.7. The van der Waals surface area contributed by atoms with Crippen molar-refractivity contribution in [1.29, 1.82) is 0 Å². The van der Waals surface area contributed by atoms with Crippen molar-refractivity contribution in [3.8, 4) is 0 Å². The highest BCUT2D eigenvalue weighted by Crippen LogP contribution is 2.31. The molecule has 144 valence electrons. The van der Waals surface area contributed by atoms with Crippen LogP contribution in [-0.2, 0) is 4.79 Å². The number of anilines is 1. The Kier molecular flexibility index (Phi) is 4.99. The van der Waals surface area contributed by atoms with Crippen molar-refractivity contribution in [3.63, 3.8) is 0 Å². The van der Waals surface area contributed by atoms with Crippen LogP contribution >= 0.6 is 0 Å². The number of fused-ring (bicyclic) bond motifs is 1. The van der Waals surface area contributed by atoms with E-state index in [1.807, 2.05) is 6.92 Å². The number of benzene rings is 2. The summed E-state index contributed by atoms with van der Waals surface area (Å²) >= 11 is 0. The number of aromatic nitrogens is 1. The fourth-order valence-electron chi connectivity index (χ4n) is 3.35. The van der Waals surface area contributed by atoms with Gasteiger partial charge in [-0.2, -0.15) is 0 Å². The van der Waals surface area contributed by atoms with Gasteiger partial charge in [-0.05, 0) is 48.4 Å². The van der Waals surface area contributed by atoms with Crippen LogP contribution in [0.3, 0.4) is 0 Å². The Morgan fingerprint density at radius 3 is 2.48 bits per heavy atom. The van der Waals surface area contributed by atoms with Gasteiger partial charge in [-0.25, -0.2) is 14.3 Å². The van der Waals surface area contributed by atoms with Crippen LogP contribution in [-0.4, -0.2) is 23.0 Å². The van der Waals surface area contributed by atoms with Gasteiger partial charge in [-0.15, -0.1) is 0 Å². The average Bonchev–Trinajstić information content (AvgIpc) is 2.75. The maximum Gasteiger partial charge on any atom is 0.266 e. The van der Waals surface area contributed by atoms with E-state index in [2.05, 4.69) is 9.98 Å². The lowest BCUT2D eigenvalue weighted by atomic mass is 9.89. The van der Waals surface area contributed by atoms with Crippen LogP contribution in [0.1, 0.15) is 40.4 Å². The number of carbonyl (C=O) groups excluding carboxylic acids is 2. The summed E-state index contributed by atoms with van der Waals surface area (Å²) in [6.45, 7) is 1.87. The van der Waals surface area contributed by atoms with Crippen molar-refractivity contribution in [1.82, 2.24) is 4.98 Å². The molecule has 0 saturated heterocycles. The number of halogens is 1. The van der Waals surface area contributed by atoms with Crippen molar-refractivity contribution >= 4 is 23.8 Å². The lowest BCUT2D eigenvalue weighted by Crippen LogP contribution is -2.46. The highest BCUT2D eigenvalue weighted by atomic mass is 19.1. The summed E-state index contributed by atoms with van der Waals surface area (Å²) in [5.74, 6) is -1.55. The summed E-state index contributed by atoms with van der Waals surface area (Å²) in [5.41, 5.74) is 1.89. The molecule has 0 radical (unpaired) electrons. The molecular weight excluding hydrogens is 369 g/mol. The third-order valence-electron chi connectivity index (χ3n) is 4.91. The van der Waals surface area contributed by atoms with Crippen LogP contribution in [0.15, 0.2) is 77.9 Å². The van der Waals surface area contributed by atoms with Crippen LogP contribution in [0, 0.1) is 5.82 Å². The van der Waals surface area contributed by atoms with Gasteiger partial charge in [0.25, 0.3) is 5.91 Å². The van der Waals surface area contributed by atoms with Gasteiger partial charge >= 0.3 is 0 Å². The zero-order chi connectivity index (χ0) is 20.4. The number of nitrogens with zero attached hydrogens (tertiary/aromatic N) is 3. The van der Waals surface area contributed by atoms with Crippen molar-refractivity contribution in [2.75, 3.05) is 4.90 Å². The van der Waals surface area contributed by atoms with Crippen LogP contribution in [0.2, 0.25) is 0 Å². The van der Waals surface area contributed by atoms with Crippen LogP contribution in [0.4, 0.5) is 10.2 Å². The molecule has 0 bridgehead atoms. The molecule has 4 rings (SSSR count). The third kappa shape index (κ3) is 3.57. The van der Waals surface area contributed by atoms with Gasteiger partial charge in [-0.1, -0.05) is 36.4 Å². The van der Waals surface area contributed by atoms with Crippen molar-refractivity contribution in [2.24, 2.45) is 4.99 Å². The first-order valence-corrected chi connectivity index (χ1v) is 9.23. The molecule has 1 aliphatic rings. The minimum Gasteiger partial charge on any atom is -0.289 e. The maximum absolute atomic E-state index is 13.2. The molecule has 2 heterocycles. The van der Waals surface area contributed by atoms with Crippen LogP contribution in [0.5, 0.6) is 0 Å². The van der Waals surface area contributed by atoms with Crippen molar-refractivity contribution in [3.05, 3.63) is 95.4 Å². The average molecular weight is 387 g/mol. The molecule has 2 aromatic carbocycles. The SMILES string of the molecule is C[C@@H](N=CC1C(=O)N(c2ccccn2)C(=O)c2ccccc21)c1ccc(F)cc1. The molecule has 0 spiro atoms. The predicted molar refractivity (Wildman–Crippen MR) is 109 cm³/mol. The van der Waals surface area contributed by atoms with E-state index in [1.54, 1.807) is 60.8 Å². The van der Waals surface area contributed by atoms with Crippen LogP contribution < -0.4 is 4.90 Å². The molecule has 0 N–H and O–H groups in total. The van der Waals surface area contributed by atoms with Gasteiger partial charge in [0.15, 0.2) is 0 Å². The second-order valence-corrected chi connectivity index (χ2v) is 6.76. The number of pyridine rings is 1. The third-order valence-corrected chi connectivity index (χ3v) is 4.91. The van der Waals surface area contributed by atoms with E-state index in [-0.39, 0.29) is 17.7 Å². The van der Waals surface area contributed by atoms with E-state index < -0.39 is 17.7 Å². The monoisotopic (exact) mass is 387 g/mol. The number of hydrogen-bond donors (Lipinski definition) is 0. The number of carbonyl (C=O) groups is 2. The van der Waals surface area contributed by atoms with Crippen molar-refractivity contribution in [2.45, 2.75) is 18.9 Å². The minimum absolute atomic E-state index is 0.267. The van der Waals surface area contributed by atoms with E-state index in [0.29, 0.717) is 11.1 Å². The van der Waals surface area contributed by atoms with E-state index in [9.17, 15) is 14.0 Å². The maximum atomic E-state index is 13.2. The zero-order valence-electron chi connectivity index (χ0n) is 15.7. The largest absolute Gasteiger partial charge is 0.289 e. The fourth-order valence-corrected chi connectivity index (χ4v) is 3.35. The first-order valence-electron chi connectivity index (χ1n) is 9.23. The Morgan fingerprint density at radius 2 is 1.76 bits per heavy atom. The predicted octanol–water partition coefficient (Wildman–Crippen LogP) is 4.32. The van der Waals surface area contributed by atoms with Crippen LogP contribution in [0.25, 0.3) is 0 Å². The molecule has 6 heteroatoms. The lowest BCUT2D eigenvalue weighted by molar-refractivity contribution is -0.118. The molecular formula is C23H18FN3O2. The molecule has 0 aliphatic carbocycles. The second-order valence-electron chi connectivity index (χ2n) is 6.76. The first-order chi connectivity index (χ1) is 14.1. The van der Waals surface area contributed by atoms with Crippen molar-refractivity contribution < 1.29 is 14.0 Å². The number of hydrogen-bond acceptors (Lipinski definition) is 4. The van der Waals surface area contributed by atoms with E-state index in [1.165, 1.54) is 18.3 Å². The Balaban J connectivity index is 1.71. The molecule has 2 amide bonds. The highest BCUT2D eigenvalue weighted by molar-refractivity contribution is 6.28. The molecule has 29 heavy (non-hydrogen) atoms. The Morgan fingerprint density at radius 1 is 1.03 bits per heavy atom. The Hall–Kier alpha value is -3.67. The Bertz CT molecular complexity index is 1080. The molecule has 5 nitrogen and oxygen atoms in total. The molecule has 3 aromatic rings. The first kappa shape index (κ1) is 18.7. The quantitative estimate of drug-likeness (QED) is 0.495. The summed E-state index contributed by atoms with van der Waals surface area (Å²) in [6.07, 6.45) is 3.10. The second kappa shape index (κ2) is 7.75. The smallest absolute Gasteiger partial charge is 0.266 e. The summed E-state index contributed by atoms with van der Waals surface area (Å²) in [6, 6.07) is 17.9. The van der Waals surface area contributed by atoms with E-state index >= 15 is 0 Å². The summed E-state index contributed by atoms with van der Waals surface area (Å²) in [5, 5.41) is 0. The van der Waals surface area contributed by atoms with Gasteiger partial charge in [0.2, 0.25) is 5.91 Å². The van der Waals surface area contributed by atoms with Gasteiger partial charge in [-0.3, -0.25) is 14.6 Å². The summed E-state index contributed by atoms with van der Waals surface area (Å²) in [4.78, 5) is 36.0. The summed E-state index contributed by atoms with van der Waals surface area (Å²) < 4.78 is 13.2. The topological polar surface area (TPSA) is 62.6 Å². The normalized spacial score (nSPS) is 17.4. The number of amides is 2. The van der Waals surface area contributed by atoms with Gasteiger partial charge in [0.05, 0.1) is 12.0 Å². The van der Waals surface area contributed by atoms with Gasteiger partial charge < -0.3 is 0 Å². The van der Waals surface area contributed by atoms with E-state index in [4.69, 9.17) is 0 Å². The summed E-state index contributed by atoms with van der Waals surface area (Å²) in [7, 11) is 0. The standard InChI is InChI=1S/C23H18FN3O2/c1-15(16-9-11-17(24)12-10-16)26-14-20-18-6-2-3-7-19(18)22(28)27(23(20)29)21-8-4-5-13-25-21/h2-15,20H,1H3/t15-,20?/m1/s1. The number of rotatable bonds is 4. The minimum atomic E-state index is -0.714.